The molecule has 2 aromatic heterocycles. The highest BCUT2D eigenvalue weighted by molar-refractivity contribution is 5.74. The predicted molar refractivity (Wildman–Crippen MR) is 69.8 cm³/mol. The maximum absolute atomic E-state index is 4.43. The first-order chi connectivity index (χ1) is 8.92. The monoisotopic (exact) mass is 231 g/mol. The lowest BCUT2D eigenvalue weighted by atomic mass is 10.3. The van der Waals surface area contributed by atoms with Gasteiger partial charge in [-0.1, -0.05) is 18.2 Å². The summed E-state index contributed by atoms with van der Waals surface area (Å²) in [6, 6.07) is 13.4. The molecule has 0 bridgehead atoms. The van der Waals surface area contributed by atoms with Gasteiger partial charge in [0.25, 0.3) is 0 Å². The quantitative estimate of drug-likeness (QED) is 0.558. The second kappa shape index (κ2) is 4.64. The average molecular weight is 231 g/mol. The van der Waals surface area contributed by atoms with E-state index in [0.29, 0.717) is 5.69 Å². The van der Waals surface area contributed by atoms with E-state index in [1.54, 1.807) is 12.4 Å². The fourth-order valence-corrected chi connectivity index (χ4v) is 1.58. The Morgan fingerprint density at radius 3 is 2.33 bits per heavy atom. The van der Waals surface area contributed by atoms with Gasteiger partial charge in [0.15, 0.2) is 0 Å². The number of pyridine rings is 1. The van der Waals surface area contributed by atoms with Gasteiger partial charge in [0.05, 0.1) is 17.2 Å². The second-order valence-corrected chi connectivity index (χ2v) is 3.71. The van der Waals surface area contributed by atoms with Crippen LogP contribution in [0.1, 0.15) is 11.4 Å². The molecule has 2 heterocycles. The number of benzene rings is 1. The molecule has 0 aliphatic heterocycles. The summed E-state index contributed by atoms with van der Waals surface area (Å²) >= 11 is 0. The van der Waals surface area contributed by atoms with Crippen molar-refractivity contribution in [2.45, 2.75) is 0 Å². The Kier molecular flexibility index (Phi) is 2.69. The molecule has 0 N–H and O–H groups in total. The van der Waals surface area contributed by atoms with Gasteiger partial charge in [-0.2, -0.15) is 0 Å². The van der Waals surface area contributed by atoms with Crippen molar-refractivity contribution in [2.75, 3.05) is 0 Å². The van der Waals surface area contributed by atoms with Crippen LogP contribution in [0.3, 0.4) is 0 Å². The first-order valence-electron chi connectivity index (χ1n) is 5.57. The van der Waals surface area contributed by atoms with Crippen LogP contribution in [0.25, 0.3) is 11.0 Å². The third kappa shape index (κ3) is 2.18. The molecule has 0 amide bonds. The summed E-state index contributed by atoms with van der Waals surface area (Å²) < 4.78 is 0. The fraction of sp³-hybridized carbons (Fsp3) is 0. The van der Waals surface area contributed by atoms with Gasteiger partial charge in [-0.05, 0) is 36.1 Å². The molecule has 1 aromatic carbocycles. The van der Waals surface area contributed by atoms with Crippen molar-refractivity contribution in [3.8, 4) is 11.8 Å². The van der Waals surface area contributed by atoms with Gasteiger partial charge in [-0.15, -0.1) is 0 Å². The van der Waals surface area contributed by atoms with Gasteiger partial charge >= 0.3 is 0 Å². The highest BCUT2D eigenvalue weighted by atomic mass is 14.8. The topological polar surface area (TPSA) is 38.7 Å². The maximum atomic E-state index is 4.43. The lowest BCUT2D eigenvalue weighted by molar-refractivity contribution is 1.25. The number of hydrogen-bond acceptors (Lipinski definition) is 3. The van der Waals surface area contributed by atoms with E-state index in [4.69, 9.17) is 0 Å². The zero-order chi connectivity index (χ0) is 12.2. The van der Waals surface area contributed by atoms with Gasteiger partial charge in [0.1, 0.15) is 11.4 Å². The van der Waals surface area contributed by atoms with Crippen LogP contribution in [0.4, 0.5) is 0 Å². The van der Waals surface area contributed by atoms with E-state index in [0.717, 1.165) is 16.7 Å². The Morgan fingerprint density at radius 1 is 0.722 bits per heavy atom. The van der Waals surface area contributed by atoms with Crippen molar-refractivity contribution in [1.82, 2.24) is 15.0 Å². The molecule has 0 radical (unpaired) electrons. The molecule has 0 aliphatic rings. The van der Waals surface area contributed by atoms with Crippen molar-refractivity contribution in [3.63, 3.8) is 0 Å². The molecule has 3 nitrogen and oxygen atoms in total. The molecule has 3 rings (SSSR count). The minimum Gasteiger partial charge on any atom is -0.252 e. The summed E-state index contributed by atoms with van der Waals surface area (Å²) in [5.41, 5.74) is 3.11. The normalized spacial score (nSPS) is 9.78. The molecule has 0 spiro atoms. The minimum absolute atomic E-state index is 0.652. The highest BCUT2D eigenvalue weighted by Crippen LogP contribution is 2.07. The first-order valence-corrected chi connectivity index (χ1v) is 5.57. The average Bonchev–Trinajstić information content (AvgIpc) is 2.46. The molecule has 84 valence electrons. The van der Waals surface area contributed by atoms with Crippen LogP contribution in [0.15, 0.2) is 54.9 Å². The van der Waals surface area contributed by atoms with E-state index < -0.39 is 0 Å². The molecular weight excluding hydrogens is 222 g/mol. The molecule has 3 heteroatoms. The summed E-state index contributed by atoms with van der Waals surface area (Å²) in [6.45, 7) is 0. The van der Waals surface area contributed by atoms with Gasteiger partial charge in [0, 0.05) is 6.20 Å². The Bertz CT molecular complexity index is 740. The van der Waals surface area contributed by atoms with Gasteiger partial charge in [-0.3, -0.25) is 4.98 Å². The Balaban J connectivity index is 1.99. The number of para-hydroxylation sites is 2. The van der Waals surface area contributed by atoms with Crippen LogP contribution < -0.4 is 0 Å². The van der Waals surface area contributed by atoms with Crippen LogP contribution >= 0.6 is 0 Å². The second-order valence-electron chi connectivity index (χ2n) is 3.71. The molecule has 0 saturated heterocycles. The Labute approximate surface area is 105 Å². The lowest BCUT2D eigenvalue weighted by Gasteiger charge is -1.95. The van der Waals surface area contributed by atoms with Crippen LogP contribution in [-0.2, 0) is 0 Å². The van der Waals surface area contributed by atoms with E-state index in [2.05, 4.69) is 26.8 Å². The smallest absolute Gasteiger partial charge is 0.132 e. The Morgan fingerprint density at radius 2 is 1.50 bits per heavy atom. The zero-order valence-electron chi connectivity index (χ0n) is 9.54. The summed E-state index contributed by atoms with van der Waals surface area (Å²) in [4.78, 5) is 12.9. The minimum atomic E-state index is 0.652. The van der Waals surface area contributed by atoms with Crippen LogP contribution in [0.2, 0.25) is 0 Å². The summed E-state index contributed by atoms with van der Waals surface area (Å²) in [5.74, 6) is 5.93. The summed E-state index contributed by atoms with van der Waals surface area (Å²) in [6.07, 6.45) is 3.40. The van der Waals surface area contributed by atoms with Crippen LogP contribution in [0.5, 0.6) is 0 Å². The molecule has 0 aliphatic carbocycles. The first kappa shape index (κ1) is 10.4. The van der Waals surface area contributed by atoms with Crippen molar-refractivity contribution in [1.29, 1.82) is 0 Å². The number of rotatable bonds is 0. The highest BCUT2D eigenvalue weighted by Gasteiger charge is 1.95. The van der Waals surface area contributed by atoms with E-state index in [1.165, 1.54) is 0 Å². The van der Waals surface area contributed by atoms with E-state index in [-0.39, 0.29) is 0 Å². The van der Waals surface area contributed by atoms with Gasteiger partial charge < -0.3 is 0 Å². The SMILES string of the molecule is C(#Cc1cnc2ccccc2n1)c1ccccn1. The molecule has 0 unspecified atom stereocenters. The number of hydrogen-bond donors (Lipinski definition) is 0. The maximum Gasteiger partial charge on any atom is 0.132 e. The van der Waals surface area contributed by atoms with E-state index >= 15 is 0 Å². The molecule has 0 saturated carbocycles. The summed E-state index contributed by atoms with van der Waals surface area (Å²) in [5, 5.41) is 0. The Hall–Kier alpha value is -2.73. The van der Waals surface area contributed by atoms with Gasteiger partial charge in [0.2, 0.25) is 0 Å². The lowest BCUT2D eigenvalue weighted by Crippen LogP contribution is -1.88. The molecule has 18 heavy (non-hydrogen) atoms. The standard InChI is InChI=1S/C15H9N3/c1-2-7-15-14(6-1)17-11-13(18-15)9-8-12-5-3-4-10-16-12/h1-7,10-11H. The van der Waals surface area contributed by atoms with Crippen LogP contribution in [-0.4, -0.2) is 15.0 Å². The molecule has 0 fully saturated rings. The van der Waals surface area contributed by atoms with Crippen molar-refractivity contribution >= 4 is 11.0 Å². The summed E-state index contributed by atoms with van der Waals surface area (Å²) in [7, 11) is 0. The van der Waals surface area contributed by atoms with Crippen molar-refractivity contribution < 1.29 is 0 Å². The third-order valence-electron chi connectivity index (χ3n) is 2.43. The molecule has 0 atom stereocenters. The fourth-order valence-electron chi connectivity index (χ4n) is 1.58. The molecule has 3 aromatic rings. The van der Waals surface area contributed by atoms with Gasteiger partial charge in [-0.25, -0.2) is 9.97 Å². The number of fused-ring (bicyclic) bond motifs is 1. The molecular formula is C15H9N3. The number of nitrogens with zero attached hydrogens (tertiary/aromatic N) is 3. The zero-order valence-corrected chi connectivity index (χ0v) is 9.54. The largest absolute Gasteiger partial charge is 0.252 e. The predicted octanol–water partition coefficient (Wildman–Crippen LogP) is 2.42. The van der Waals surface area contributed by atoms with Crippen molar-refractivity contribution in [3.05, 3.63) is 66.2 Å². The number of aromatic nitrogens is 3. The van der Waals surface area contributed by atoms with Crippen molar-refractivity contribution in [2.24, 2.45) is 0 Å². The van der Waals surface area contributed by atoms with E-state index in [9.17, 15) is 0 Å². The van der Waals surface area contributed by atoms with Crippen LogP contribution in [0, 0.1) is 11.8 Å². The third-order valence-corrected chi connectivity index (χ3v) is 2.43. The van der Waals surface area contributed by atoms with E-state index in [1.807, 2.05) is 42.5 Å².